The number of carbonyl (C=O) groups is 3. The Morgan fingerprint density at radius 1 is 0.447 bits per heavy atom. The van der Waals surface area contributed by atoms with Gasteiger partial charge in [-0.1, -0.05) is 102 Å². The number of rotatable bonds is 37. The molecule has 1 atom stereocenters. The quantitative estimate of drug-likeness (QED) is 0.0178. The Balaban J connectivity index is 0.000000167. The normalized spacial score (nSPS) is 14.6. The molecule has 4 saturated heterocycles. The molecule has 4 aliphatic heterocycles. The van der Waals surface area contributed by atoms with Crippen molar-refractivity contribution in [2.75, 3.05) is 128 Å². The minimum Gasteiger partial charge on any atom is -0.497 e. The largest absolute Gasteiger partial charge is 0.497 e. The van der Waals surface area contributed by atoms with E-state index in [0.29, 0.717) is 173 Å². The summed E-state index contributed by atoms with van der Waals surface area (Å²) in [6.07, 6.45) is 24.0. The zero-order valence-corrected chi connectivity index (χ0v) is 85.9. The number of piperidine rings is 4. The average molecular weight is 2010 g/mol. The van der Waals surface area contributed by atoms with E-state index in [0.717, 1.165) is 171 Å². The summed E-state index contributed by atoms with van der Waals surface area (Å²) in [7, 11) is 6.63. The lowest BCUT2D eigenvalue weighted by Crippen LogP contribution is -2.42. The number of ether oxygens (including phenoxy) is 10. The predicted octanol–water partition coefficient (Wildman–Crippen LogP) is 16.2. The van der Waals surface area contributed by atoms with Crippen LogP contribution in [0.2, 0.25) is 0 Å². The van der Waals surface area contributed by atoms with Gasteiger partial charge in [0.05, 0.1) is 96.7 Å². The fourth-order valence-electron chi connectivity index (χ4n) is 16.4. The molecular weight excluding hydrogens is 1870 g/mol. The fourth-order valence-corrected chi connectivity index (χ4v) is 16.8. The number of likely N-dealkylation sites (tertiary alicyclic amines) is 2. The Labute approximate surface area is 834 Å². The first-order chi connectivity index (χ1) is 68.2. The molecule has 4 aromatic carbocycles. The van der Waals surface area contributed by atoms with E-state index in [9.17, 15) is 19.5 Å². The number of fused-ring (bicyclic) bond motifs is 4. The maximum atomic E-state index is 12.6. The molecule has 2 amide bonds. The van der Waals surface area contributed by atoms with Crippen LogP contribution < -0.4 is 69.8 Å². The summed E-state index contributed by atoms with van der Waals surface area (Å²) < 4.78 is 63.1. The number of hydrogen-bond acceptors (Lipinski definition) is 32. The predicted molar refractivity (Wildman–Crippen MR) is 544 cm³/mol. The number of aldehydes is 1. The number of aliphatic hydroxyl groups is 1. The molecule has 762 valence electrons. The molecule has 4 aliphatic rings. The fraction of sp³-hybridized carbons (Fsp3) is 0.539. The van der Waals surface area contributed by atoms with Crippen molar-refractivity contribution in [2.45, 2.75) is 228 Å². The third kappa shape index (κ3) is 31.6. The molecule has 16 rings (SSSR count). The van der Waals surface area contributed by atoms with E-state index in [1.807, 2.05) is 127 Å². The first-order valence-electron chi connectivity index (χ1n) is 49.4. The number of aromatic nitrogens is 16. The van der Waals surface area contributed by atoms with Crippen LogP contribution in [0.1, 0.15) is 217 Å². The highest BCUT2D eigenvalue weighted by molar-refractivity contribution is 9.10. The summed E-state index contributed by atoms with van der Waals surface area (Å²) >= 11 is 3.54. The minimum atomic E-state index is -0.858. The maximum absolute atomic E-state index is 12.6. The van der Waals surface area contributed by atoms with E-state index in [1.54, 1.807) is 68.7 Å². The van der Waals surface area contributed by atoms with Gasteiger partial charge in [0.1, 0.15) is 51.2 Å². The molecule has 0 radical (unpaired) electrons. The monoisotopic (exact) mass is 2010 g/mol. The number of imidazole rings is 4. The molecule has 0 bridgehead atoms. The standard InChI is InChI=1S/C36H48N6O6.C25H28BrN5O3.2C15H24N6O.C11H19NO3/c1-7-8-21-47-34-38-33(41(23-25-9-13-28(45-5)14-10-25)24-26-11-15-29(46-6)16-12-26)32-37-22-30(42(32)39-34)31(43)27-17-19-40(20-18-27)35(44)48-36(2,3)4;1-4-5-14-34-25-28-24(23-27-15-22(26)31(23)29-25)30(16-18-6-10-20(32-2)11-7-18)17-19-8-12-21(33-3)13-9-19;2*1-2-3-8-22-15-19-13(16)14-18-10-12(21(14)20-15)9-11-4-6-17-7-5-11;1-11(2,3)15-10(14)12-6-4-9(8-13)5-7-12/h9-16,22,27,31,43H,7-8,17-21,23-24H2,1-6H3;6-13,15H,4-5,14,16-17H2,1-3H3;2*10-11,17H,2-9H2,1H3,(H2,16,19,20);8-9H,4-7H2,1-3H3. The summed E-state index contributed by atoms with van der Waals surface area (Å²) in [6.45, 7) is 30.7. The van der Waals surface area contributed by atoms with Crippen LogP contribution in [-0.2, 0) is 53.3 Å². The number of nitrogens with two attached hydrogens (primary N) is 2. The van der Waals surface area contributed by atoms with Crippen LogP contribution >= 0.6 is 15.9 Å². The van der Waals surface area contributed by atoms with Crippen LogP contribution in [0, 0.1) is 23.7 Å². The zero-order valence-electron chi connectivity index (χ0n) is 84.3. The molecule has 7 N–H and O–H groups in total. The van der Waals surface area contributed by atoms with Gasteiger partial charge in [0.2, 0.25) is 0 Å². The van der Waals surface area contributed by atoms with Gasteiger partial charge in [-0.2, -0.15) is 24.5 Å². The van der Waals surface area contributed by atoms with E-state index in [2.05, 4.69) is 129 Å². The van der Waals surface area contributed by atoms with Crippen molar-refractivity contribution in [3.63, 3.8) is 0 Å². The number of halogens is 1. The van der Waals surface area contributed by atoms with Gasteiger partial charge in [0.25, 0.3) is 0 Å². The molecule has 39 heteroatoms. The number of benzene rings is 4. The van der Waals surface area contributed by atoms with Crippen molar-refractivity contribution in [2.24, 2.45) is 23.7 Å². The maximum Gasteiger partial charge on any atom is 0.410 e. The first-order valence-corrected chi connectivity index (χ1v) is 50.2. The van der Waals surface area contributed by atoms with E-state index < -0.39 is 17.3 Å². The SMILES string of the molecule is CC(C)(C)OC(=O)N1CCC(C=O)CC1.CCCCOc1nc(N(Cc2ccc(OC)cc2)Cc2ccc(OC)cc2)c2ncc(Br)n2n1.CCCCOc1nc(N(Cc2ccc(OC)cc2)Cc2ccc(OC)cc2)c2ncc(C(O)C3CCN(C(=O)OC(C)(C)C)CC3)n2n1.CCCCOc1nc(N)c2ncc(CC3CCNCC3)n2n1.CCCCOc1nc(N)c2ncc(CC3CCNCC3)n2n1. The summed E-state index contributed by atoms with van der Waals surface area (Å²) in [4.78, 5) is 78.6. The van der Waals surface area contributed by atoms with Gasteiger partial charge in [0, 0.05) is 58.3 Å². The minimum absolute atomic E-state index is 0.0961. The number of amides is 2. The number of nitrogens with zero attached hydrogens (tertiary/aromatic N) is 20. The van der Waals surface area contributed by atoms with Gasteiger partial charge in [-0.3, -0.25) is 0 Å². The second-order valence-electron chi connectivity index (χ2n) is 37.6. The van der Waals surface area contributed by atoms with E-state index >= 15 is 0 Å². The van der Waals surface area contributed by atoms with Crippen LogP contribution in [0.25, 0.3) is 22.6 Å². The Morgan fingerprint density at radius 2 is 0.766 bits per heavy atom. The third-order valence-electron chi connectivity index (χ3n) is 24.4. The highest BCUT2D eigenvalue weighted by Crippen LogP contribution is 2.37. The first kappa shape index (κ1) is 107. The summed E-state index contributed by atoms with van der Waals surface area (Å²) in [5.74, 6) is 6.57. The van der Waals surface area contributed by atoms with Gasteiger partial charge in [-0.15, -0.1) is 20.4 Å². The Morgan fingerprint density at radius 3 is 1.11 bits per heavy atom. The summed E-state index contributed by atoms with van der Waals surface area (Å²) in [5.41, 5.74) is 20.4. The average Bonchev–Trinajstić information content (AvgIpc) is 1.64. The van der Waals surface area contributed by atoms with Crippen LogP contribution in [0.4, 0.5) is 32.9 Å². The number of nitrogen functional groups attached to an aromatic ring is 2. The molecule has 0 saturated carbocycles. The Kier molecular flexibility index (Phi) is 40.4. The van der Waals surface area contributed by atoms with Gasteiger partial charge < -0.3 is 99.0 Å². The highest BCUT2D eigenvalue weighted by Gasteiger charge is 2.35. The number of nitrogens with one attached hydrogen (secondary N) is 2. The second-order valence-corrected chi connectivity index (χ2v) is 38.4. The van der Waals surface area contributed by atoms with Gasteiger partial charge >= 0.3 is 36.2 Å². The van der Waals surface area contributed by atoms with Crippen LogP contribution in [0.5, 0.6) is 47.0 Å². The van der Waals surface area contributed by atoms with Crippen molar-refractivity contribution in [3.05, 3.63) is 166 Å². The Hall–Kier alpha value is -12.7. The van der Waals surface area contributed by atoms with Crippen LogP contribution in [0.3, 0.4) is 0 Å². The smallest absolute Gasteiger partial charge is 0.410 e. The lowest BCUT2D eigenvalue weighted by molar-refractivity contribution is -0.112. The van der Waals surface area contributed by atoms with Gasteiger partial charge in [-0.25, -0.2) is 43.1 Å². The molecule has 0 spiro atoms. The summed E-state index contributed by atoms with van der Waals surface area (Å²) in [5, 5.41) is 36.7. The lowest BCUT2D eigenvalue weighted by atomic mass is 9.90. The van der Waals surface area contributed by atoms with Crippen LogP contribution in [0.15, 0.2) is 126 Å². The van der Waals surface area contributed by atoms with Crippen molar-refractivity contribution < 1.29 is 66.9 Å². The Bertz CT molecular complexity index is 5640. The molecule has 4 fully saturated rings. The van der Waals surface area contributed by atoms with Crippen molar-refractivity contribution >= 4 is 80.3 Å². The van der Waals surface area contributed by atoms with Crippen LogP contribution in [-0.4, -0.2) is 230 Å². The molecule has 12 heterocycles. The van der Waals surface area contributed by atoms with Crippen molar-refractivity contribution in [3.8, 4) is 47.0 Å². The van der Waals surface area contributed by atoms with Crippen molar-refractivity contribution in [1.82, 2.24) is 98.8 Å². The third-order valence-corrected chi connectivity index (χ3v) is 24.9. The molecule has 141 heavy (non-hydrogen) atoms. The molecule has 0 aliphatic carbocycles. The van der Waals surface area contributed by atoms with E-state index in [4.69, 9.17) is 78.9 Å². The number of methoxy groups -OCH3 is 4. The van der Waals surface area contributed by atoms with E-state index in [1.165, 1.54) is 25.7 Å². The topological polar surface area (TPSA) is 425 Å². The number of anilines is 4. The molecular formula is C102H143BrN24O14. The lowest BCUT2D eigenvalue weighted by Gasteiger charge is -2.35. The molecule has 8 aromatic heterocycles. The number of unbranched alkanes of at least 4 members (excludes halogenated alkanes) is 4. The molecule has 12 aromatic rings. The van der Waals surface area contributed by atoms with Gasteiger partial charge in [0.15, 0.2) is 45.9 Å². The number of carbonyl (C=O) groups excluding carboxylic acids is 3. The molecule has 1 unspecified atom stereocenters. The number of aliphatic hydroxyl groups excluding tert-OH is 1. The van der Waals surface area contributed by atoms with E-state index in [-0.39, 0.29) is 30.0 Å². The second kappa shape index (κ2) is 53.2. The summed E-state index contributed by atoms with van der Waals surface area (Å²) in [6, 6.07) is 33.1. The zero-order chi connectivity index (χ0) is 100. The molecule has 38 nitrogen and oxygen atoms in total. The number of hydrogen-bond donors (Lipinski definition) is 5. The van der Waals surface area contributed by atoms with Crippen molar-refractivity contribution in [1.29, 1.82) is 0 Å². The van der Waals surface area contributed by atoms with Gasteiger partial charge in [-0.05, 0) is 262 Å². The highest BCUT2D eigenvalue weighted by atomic mass is 79.9.